The number of aliphatic hydroxyl groups excluding tert-OH is 1. The molecule has 9 heteroatoms. The molecular weight excluding hydrogens is 540 g/mol. The number of fused-ring (bicyclic) bond motifs is 1. The summed E-state index contributed by atoms with van der Waals surface area (Å²) < 4.78 is 13.1. The normalized spacial score (nSPS) is 18.1. The first kappa shape index (κ1) is 34.1. The van der Waals surface area contributed by atoms with Crippen LogP contribution in [0.2, 0.25) is 0 Å². The summed E-state index contributed by atoms with van der Waals surface area (Å²) in [6.45, 7) is 18.7. The Morgan fingerprint density at radius 1 is 1.21 bits per heavy atom. The van der Waals surface area contributed by atoms with Gasteiger partial charge in [0.25, 0.3) is 0 Å². The van der Waals surface area contributed by atoms with Gasteiger partial charge in [-0.05, 0) is 83.9 Å². The molecule has 0 amide bonds. The third-order valence-electron chi connectivity index (χ3n) is 6.98. The smallest absolute Gasteiger partial charge is 0.146 e. The van der Waals surface area contributed by atoms with E-state index >= 15 is 0 Å². The van der Waals surface area contributed by atoms with Gasteiger partial charge in [0, 0.05) is 63.0 Å². The lowest BCUT2D eigenvalue weighted by molar-refractivity contribution is -0.0539. The number of hydrogen-bond acceptors (Lipinski definition) is 8. The van der Waals surface area contributed by atoms with Gasteiger partial charge in [0.1, 0.15) is 5.82 Å². The molecule has 2 N–H and O–H groups in total. The molecule has 3 heterocycles. The number of hydrogen-bond donors (Lipinski definition) is 2. The molecule has 3 aromatic rings. The van der Waals surface area contributed by atoms with Crippen molar-refractivity contribution in [2.75, 3.05) is 45.8 Å². The molecule has 2 atom stereocenters. The fraction of sp³-hybridized carbons (Fsp3) is 0.500. The van der Waals surface area contributed by atoms with E-state index in [0.717, 1.165) is 52.7 Å². The van der Waals surface area contributed by atoms with Crippen LogP contribution in [0.3, 0.4) is 0 Å². The predicted octanol–water partition coefficient (Wildman–Crippen LogP) is 5.41. The molecule has 234 valence electrons. The topological polar surface area (TPSA) is 96.5 Å². The highest BCUT2D eigenvalue weighted by molar-refractivity contribution is 5.97. The third kappa shape index (κ3) is 11.0. The molecule has 1 saturated heterocycles. The number of nitrogens with one attached hydrogen (secondary N) is 1. The van der Waals surface area contributed by atoms with Gasteiger partial charge in [0.15, 0.2) is 0 Å². The first-order chi connectivity index (χ1) is 20.4. The summed E-state index contributed by atoms with van der Waals surface area (Å²) in [5.74, 6) is 0.761. The molecule has 0 spiro atoms. The lowest BCUT2D eigenvalue weighted by Crippen LogP contribution is -2.35. The van der Waals surface area contributed by atoms with Gasteiger partial charge < -0.3 is 19.9 Å². The van der Waals surface area contributed by atoms with Crippen molar-refractivity contribution in [3.63, 3.8) is 0 Å². The quantitative estimate of drug-likeness (QED) is 0.288. The van der Waals surface area contributed by atoms with Gasteiger partial charge in [-0.25, -0.2) is 9.50 Å². The van der Waals surface area contributed by atoms with Crippen molar-refractivity contribution in [3.05, 3.63) is 83.6 Å². The van der Waals surface area contributed by atoms with Crippen molar-refractivity contribution in [2.24, 2.45) is 4.99 Å². The molecule has 4 rings (SSSR count). The molecule has 1 unspecified atom stereocenters. The molecule has 1 aliphatic heterocycles. The summed E-state index contributed by atoms with van der Waals surface area (Å²) in [4.78, 5) is 11.1. The van der Waals surface area contributed by atoms with E-state index in [1.54, 1.807) is 14.2 Å². The number of allylic oxidation sites excluding steroid dienone is 1. The van der Waals surface area contributed by atoms with Crippen LogP contribution < -0.4 is 5.32 Å². The Morgan fingerprint density at radius 3 is 2.56 bits per heavy atom. The van der Waals surface area contributed by atoms with E-state index in [4.69, 9.17) is 9.47 Å². The number of benzene rings is 1. The highest BCUT2D eigenvalue weighted by Gasteiger charge is 2.34. The van der Waals surface area contributed by atoms with E-state index in [1.807, 2.05) is 36.7 Å². The number of rotatable bonds is 11. The number of aliphatic hydroxyl groups is 1. The zero-order valence-corrected chi connectivity index (χ0v) is 27.2. The summed E-state index contributed by atoms with van der Waals surface area (Å²) >= 11 is 0. The van der Waals surface area contributed by atoms with Crippen LogP contribution >= 0.6 is 0 Å². The Bertz CT molecular complexity index is 1390. The Labute approximate surface area is 257 Å². The average Bonchev–Trinajstić information content (AvgIpc) is 3.55. The molecule has 1 aliphatic rings. The lowest BCUT2D eigenvalue weighted by Gasteiger charge is -2.25. The van der Waals surface area contributed by atoms with Crippen molar-refractivity contribution in [2.45, 2.75) is 72.1 Å². The number of nitrogens with zero attached hydrogens (tertiary/aromatic N) is 5. The van der Waals surface area contributed by atoms with E-state index in [-0.39, 0.29) is 24.4 Å². The minimum Gasteiger partial charge on any atom is -0.395 e. The molecule has 0 aliphatic carbocycles. The zero-order chi connectivity index (χ0) is 31.6. The second-order valence-corrected chi connectivity index (χ2v) is 12.2. The minimum atomic E-state index is -0.155. The summed E-state index contributed by atoms with van der Waals surface area (Å²) in [5.41, 5.74) is 7.21. The standard InChI is InChI=1S/C19H30N2O2.C15H20N4O/c1-14-6-8-16(9-7-14)20-15(2)11-21-12-18(10-17(21)13-22)23-19(3,4)5;1-11(10-20-4)8-13(16-3)9-14-15-6-5-7-19(15)18-12(2)17-14/h6-9,17-18,20,22H,2,10-13H2,1,3-5H3;5-8H,9-10H2,1-4H3/b;11-8+,16-13?/t17-,18?;/m0./s1. The Kier molecular flexibility index (Phi) is 12.6. The van der Waals surface area contributed by atoms with Crippen molar-refractivity contribution >= 4 is 16.9 Å². The number of aromatic nitrogens is 3. The molecule has 43 heavy (non-hydrogen) atoms. The molecule has 0 radical (unpaired) electrons. The van der Waals surface area contributed by atoms with E-state index in [1.165, 1.54) is 5.56 Å². The fourth-order valence-electron chi connectivity index (χ4n) is 5.20. The van der Waals surface area contributed by atoms with Gasteiger partial charge in [-0.3, -0.25) is 9.89 Å². The van der Waals surface area contributed by atoms with Crippen LogP contribution in [0.1, 0.15) is 51.2 Å². The highest BCUT2D eigenvalue weighted by Crippen LogP contribution is 2.25. The molecule has 9 nitrogen and oxygen atoms in total. The van der Waals surface area contributed by atoms with Crippen LogP contribution in [0.15, 0.2) is 71.5 Å². The van der Waals surface area contributed by atoms with Crippen LogP contribution in [0.5, 0.6) is 0 Å². The van der Waals surface area contributed by atoms with Crippen LogP contribution in [-0.2, 0) is 15.9 Å². The largest absolute Gasteiger partial charge is 0.395 e. The zero-order valence-electron chi connectivity index (χ0n) is 27.2. The molecule has 1 fully saturated rings. The minimum absolute atomic E-state index is 0.138. The second kappa shape index (κ2) is 15.9. The Morgan fingerprint density at radius 2 is 1.93 bits per heavy atom. The molecular formula is C34H50N6O3. The first-order valence-electron chi connectivity index (χ1n) is 14.9. The van der Waals surface area contributed by atoms with Gasteiger partial charge in [-0.15, -0.1) is 0 Å². The van der Waals surface area contributed by atoms with E-state index in [0.29, 0.717) is 19.6 Å². The predicted molar refractivity (Wildman–Crippen MR) is 176 cm³/mol. The Balaban J connectivity index is 0.000000238. The molecule has 0 bridgehead atoms. The van der Waals surface area contributed by atoms with Crippen molar-refractivity contribution in [1.82, 2.24) is 19.5 Å². The van der Waals surface area contributed by atoms with Crippen molar-refractivity contribution < 1.29 is 14.6 Å². The summed E-state index contributed by atoms with van der Waals surface area (Å²) in [7, 11) is 3.49. The summed E-state index contributed by atoms with van der Waals surface area (Å²) in [6, 6.07) is 12.4. The highest BCUT2D eigenvalue weighted by atomic mass is 16.5. The molecule has 2 aromatic heterocycles. The number of anilines is 1. The van der Waals surface area contributed by atoms with Gasteiger partial charge >= 0.3 is 0 Å². The third-order valence-corrected chi connectivity index (χ3v) is 6.98. The number of likely N-dealkylation sites (tertiary alicyclic amines) is 1. The van der Waals surface area contributed by atoms with Crippen LogP contribution in [0.25, 0.3) is 5.52 Å². The Hall–Kier alpha value is -3.37. The summed E-state index contributed by atoms with van der Waals surface area (Å²) in [5, 5.41) is 17.3. The van der Waals surface area contributed by atoms with E-state index < -0.39 is 0 Å². The maximum absolute atomic E-state index is 9.64. The number of aliphatic imine (C=N–C) groups is 1. The lowest BCUT2D eigenvalue weighted by atomic mass is 10.1. The number of methoxy groups -OCH3 is 1. The average molecular weight is 591 g/mol. The molecule has 0 saturated carbocycles. The van der Waals surface area contributed by atoms with E-state index in [2.05, 4.69) is 89.9 Å². The van der Waals surface area contributed by atoms with Gasteiger partial charge in [0.2, 0.25) is 0 Å². The van der Waals surface area contributed by atoms with Crippen molar-refractivity contribution in [3.8, 4) is 0 Å². The van der Waals surface area contributed by atoms with Crippen LogP contribution in [-0.4, -0.2) is 88.5 Å². The van der Waals surface area contributed by atoms with E-state index in [9.17, 15) is 5.11 Å². The SMILES string of the molecule is C=C(CN1CC(OC(C)(C)C)C[C@H]1CO)Nc1ccc(C)cc1.CN=C(/C=C(\C)COC)Cc1nc(C)nn2cccc12. The van der Waals surface area contributed by atoms with Crippen LogP contribution in [0.4, 0.5) is 5.69 Å². The van der Waals surface area contributed by atoms with Crippen LogP contribution in [0, 0.1) is 13.8 Å². The first-order valence-corrected chi connectivity index (χ1v) is 14.9. The fourth-order valence-corrected chi connectivity index (χ4v) is 5.20. The summed E-state index contributed by atoms with van der Waals surface area (Å²) in [6.07, 6.45) is 5.71. The second-order valence-electron chi connectivity index (χ2n) is 12.2. The number of ether oxygens (including phenoxy) is 2. The monoisotopic (exact) mass is 590 g/mol. The maximum Gasteiger partial charge on any atom is 0.146 e. The molecule has 1 aromatic carbocycles. The number of aryl methyl sites for hydroxylation is 2. The van der Waals surface area contributed by atoms with Gasteiger partial charge in [-0.1, -0.05) is 24.3 Å². The van der Waals surface area contributed by atoms with Gasteiger partial charge in [-0.2, -0.15) is 5.10 Å². The van der Waals surface area contributed by atoms with Crippen molar-refractivity contribution in [1.29, 1.82) is 0 Å². The van der Waals surface area contributed by atoms with Gasteiger partial charge in [0.05, 0.1) is 36.1 Å². The maximum atomic E-state index is 9.64.